The standard InChI is InChI=1S/C38H48N4O3/c1-24-19-27(21-39)9-10-30(24)22-41-16-13-28-20-29(11-12-31(28)23-41)32-25(2)40-26(3)33(35(36(43)44)45-37(4,5)6)34(32)42-17-14-38(7,8)15-18-42/h9-12,19-20,35H,13-18,22-23H2,1-8H3,(H,43,44). The summed E-state index contributed by atoms with van der Waals surface area (Å²) in [4.78, 5) is 22.6. The fraction of sp³-hybridized carbons (Fsp3) is 0.500. The van der Waals surface area contributed by atoms with Gasteiger partial charge in [-0.2, -0.15) is 5.26 Å². The number of carboxylic acid groups (broad SMARTS) is 1. The largest absolute Gasteiger partial charge is 0.479 e. The smallest absolute Gasteiger partial charge is 0.337 e. The normalized spacial score (nSPS) is 17.4. The van der Waals surface area contributed by atoms with Gasteiger partial charge in [0, 0.05) is 55.2 Å². The summed E-state index contributed by atoms with van der Waals surface area (Å²) in [6, 6.07) is 14.9. The van der Waals surface area contributed by atoms with Crippen LogP contribution in [0, 0.1) is 37.5 Å². The Morgan fingerprint density at radius 1 is 1.04 bits per heavy atom. The maximum atomic E-state index is 12.8. The predicted molar refractivity (Wildman–Crippen MR) is 179 cm³/mol. The number of aliphatic carboxylic acids is 1. The molecule has 1 unspecified atom stereocenters. The second-order valence-corrected chi connectivity index (χ2v) is 14.7. The zero-order valence-corrected chi connectivity index (χ0v) is 28.3. The van der Waals surface area contributed by atoms with Gasteiger partial charge >= 0.3 is 5.97 Å². The number of benzene rings is 2. The average Bonchev–Trinajstić information content (AvgIpc) is 2.96. The third-order valence-electron chi connectivity index (χ3n) is 9.42. The molecular formula is C38H48N4O3. The summed E-state index contributed by atoms with van der Waals surface area (Å²) < 4.78 is 6.25. The van der Waals surface area contributed by atoms with Crippen LogP contribution in [0.1, 0.15) is 98.3 Å². The van der Waals surface area contributed by atoms with Crippen LogP contribution in [0.5, 0.6) is 0 Å². The number of hydrogen-bond donors (Lipinski definition) is 1. The summed E-state index contributed by atoms with van der Waals surface area (Å²) in [7, 11) is 0. The zero-order chi connectivity index (χ0) is 32.7. The molecule has 0 radical (unpaired) electrons. The van der Waals surface area contributed by atoms with Gasteiger partial charge in [-0.05, 0) is 106 Å². The van der Waals surface area contributed by atoms with Crippen molar-refractivity contribution in [3.05, 3.63) is 81.2 Å². The predicted octanol–water partition coefficient (Wildman–Crippen LogP) is 7.67. The SMILES string of the molecule is Cc1cc(C#N)ccc1CN1CCc2cc(-c3c(C)nc(C)c(C(OC(C)(C)C)C(=O)O)c3N3CCC(C)(C)CC3)ccc2C1. The van der Waals surface area contributed by atoms with E-state index in [-0.39, 0.29) is 5.41 Å². The van der Waals surface area contributed by atoms with E-state index < -0.39 is 17.7 Å². The van der Waals surface area contributed by atoms with Gasteiger partial charge in [0.15, 0.2) is 6.10 Å². The summed E-state index contributed by atoms with van der Waals surface area (Å²) in [5.74, 6) is -0.994. The molecule has 1 aromatic heterocycles. The highest BCUT2D eigenvalue weighted by molar-refractivity contribution is 5.88. The van der Waals surface area contributed by atoms with E-state index in [1.54, 1.807) is 0 Å². The van der Waals surface area contributed by atoms with E-state index in [1.165, 1.54) is 16.7 Å². The Bertz CT molecular complexity index is 1640. The number of aromatic nitrogens is 1. The third-order valence-corrected chi connectivity index (χ3v) is 9.42. The Kier molecular flexibility index (Phi) is 9.13. The van der Waals surface area contributed by atoms with Gasteiger partial charge in [0.2, 0.25) is 0 Å². The first-order valence-electron chi connectivity index (χ1n) is 16.2. The highest BCUT2D eigenvalue weighted by Gasteiger charge is 2.36. The molecule has 0 spiro atoms. The highest BCUT2D eigenvalue weighted by atomic mass is 16.5. The molecule has 238 valence electrons. The molecule has 1 N–H and O–H groups in total. The fourth-order valence-corrected chi connectivity index (χ4v) is 6.84. The van der Waals surface area contributed by atoms with Crippen molar-refractivity contribution in [3.8, 4) is 17.2 Å². The van der Waals surface area contributed by atoms with Crippen molar-refractivity contribution in [1.82, 2.24) is 9.88 Å². The van der Waals surface area contributed by atoms with E-state index in [1.807, 2.05) is 46.8 Å². The van der Waals surface area contributed by atoms with Crippen molar-refractivity contribution in [3.63, 3.8) is 0 Å². The van der Waals surface area contributed by atoms with Crippen molar-refractivity contribution in [1.29, 1.82) is 5.26 Å². The number of piperidine rings is 1. The van der Waals surface area contributed by atoms with E-state index in [2.05, 4.69) is 60.9 Å². The highest BCUT2D eigenvalue weighted by Crippen LogP contribution is 2.45. The number of rotatable bonds is 7. The van der Waals surface area contributed by atoms with Gasteiger partial charge in [0.1, 0.15) is 0 Å². The van der Waals surface area contributed by atoms with Crippen molar-refractivity contribution < 1.29 is 14.6 Å². The number of nitrogens with zero attached hydrogens (tertiary/aromatic N) is 4. The summed E-state index contributed by atoms with van der Waals surface area (Å²) in [5.41, 5.74) is 10.7. The van der Waals surface area contributed by atoms with Crippen LogP contribution in [0.15, 0.2) is 36.4 Å². The summed E-state index contributed by atoms with van der Waals surface area (Å²) >= 11 is 0. The van der Waals surface area contributed by atoms with Crippen LogP contribution in [0.2, 0.25) is 0 Å². The number of aryl methyl sites for hydroxylation is 3. The molecule has 2 aliphatic rings. The second kappa shape index (κ2) is 12.6. The summed E-state index contributed by atoms with van der Waals surface area (Å²) in [6.07, 6.45) is 1.87. The lowest BCUT2D eigenvalue weighted by molar-refractivity contribution is -0.160. The molecule has 2 aliphatic heterocycles. The minimum absolute atomic E-state index is 0.246. The monoisotopic (exact) mass is 608 g/mol. The first-order chi connectivity index (χ1) is 21.2. The maximum Gasteiger partial charge on any atom is 0.337 e. The van der Waals surface area contributed by atoms with E-state index in [4.69, 9.17) is 9.72 Å². The van der Waals surface area contributed by atoms with E-state index in [0.29, 0.717) is 16.8 Å². The molecule has 7 heteroatoms. The van der Waals surface area contributed by atoms with Crippen molar-refractivity contribution >= 4 is 11.7 Å². The number of ether oxygens (including phenoxy) is 1. The Morgan fingerprint density at radius 3 is 2.38 bits per heavy atom. The van der Waals surface area contributed by atoms with Gasteiger partial charge in [0.05, 0.1) is 22.9 Å². The minimum Gasteiger partial charge on any atom is -0.479 e. The number of nitriles is 1. The van der Waals surface area contributed by atoms with Gasteiger partial charge < -0.3 is 14.7 Å². The maximum absolute atomic E-state index is 12.8. The van der Waals surface area contributed by atoms with Crippen LogP contribution in [0.25, 0.3) is 11.1 Å². The molecule has 7 nitrogen and oxygen atoms in total. The number of carbonyl (C=O) groups is 1. The molecule has 0 amide bonds. The van der Waals surface area contributed by atoms with Crippen LogP contribution in [-0.4, -0.2) is 46.2 Å². The van der Waals surface area contributed by atoms with Crippen LogP contribution in [-0.2, 0) is 29.0 Å². The van der Waals surface area contributed by atoms with Gasteiger partial charge in [-0.3, -0.25) is 9.88 Å². The molecule has 0 aliphatic carbocycles. The molecule has 2 aromatic carbocycles. The molecule has 5 rings (SSSR count). The summed E-state index contributed by atoms with van der Waals surface area (Å²) in [6.45, 7) is 20.7. The number of carboxylic acids is 1. The summed E-state index contributed by atoms with van der Waals surface area (Å²) in [5, 5.41) is 19.7. The molecule has 45 heavy (non-hydrogen) atoms. The van der Waals surface area contributed by atoms with Crippen molar-refractivity contribution in [2.24, 2.45) is 5.41 Å². The molecule has 1 fully saturated rings. The fourth-order valence-electron chi connectivity index (χ4n) is 6.84. The molecule has 1 saturated heterocycles. The topological polar surface area (TPSA) is 89.7 Å². The first-order valence-corrected chi connectivity index (χ1v) is 16.2. The Balaban J connectivity index is 1.55. The molecule has 3 heterocycles. The van der Waals surface area contributed by atoms with Crippen molar-refractivity contribution in [2.75, 3.05) is 24.5 Å². The average molecular weight is 609 g/mol. The van der Waals surface area contributed by atoms with E-state index in [9.17, 15) is 15.2 Å². The van der Waals surface area contributed by atoms with Crippen LogP contribution in [0.4, 0.5) is 5.69 Å². The Labute approximate surface area is 268 Å². The lowest BCUT2D eigenvalue weighted by atomic mass is 9.81. The van der Waals surface area contributed by atoms with Gasteiger partial charge in [-0.25, -0.2) is 4.79 Å². The van der Waals surface area contributed by atoms with E-state index in [0.717, 1.165) is 80.1 Å². The number of hydrogen-bond acceptors (Lipinski definition) is 6. The number of pyridine rings is 1. The molecule has 3 aromatic rings. The lowest BCUT2D eigenvalue weighted by Crippen LogP contribution is -2.39. The molecule has 0 bridgehead atoms. The van der Waals surface area contributed by atoms with Crippen LogP contribution >= 0.6 is 0 Å². The number of fused-ring (bicyclic) bond motifs is 1. The molecule has 0 saturated carbocycles. The molecule has 1 atom stereocenters. The lowest BCUT2D eigenvalue weighted by Gasteiger charge is -2.41. The minimum atomic E-state index is -1.13. The first kappa shape index (κ1) is 32.7. The quantitative estimate of drug-likeness (QED) is 0.294. The Morgan fingerprint density at radius 2 is 1.76 bits per heavy atom. The third kappa shape index (κ3) is 7.24. The van der Waals surface area contributed by atoms with E-state index >= 15 is 0 Å². The number of anilines is 1. The van der Waals surface area contributed by atoms with Crippen LogP contribution in [0.3, 0.4) is 0 Å². The van der Waals surface area contributed by atoms with Gasteiger partial charge in [-0.1, -0.05) is 38.1 Å². The van der Waals surface area contributed by atoms with Crippen molar-refractivity contribution in [2.45, 2.75) is 99.4 Å². The van der Waals surface area contributed by atoms with Crippen LogP contribution < -0.4 is 4.90 Å². The van der Waals surface area contributed by atoms with Gasteiger partial charge in [-0.15, -0.1) is 0 Å². The zero-order valence-electron chi connectivity index (χ0n) is 28.3. The molecular weight excluding hydrogens is 560 g/mol. The van der Waals surface area contributed by atoms with Gasteiger partial charge in [0.25, 0.3) is 0 Å². The second-order valence-electron chi connectivity index (χ2n) is 14.7. The Hall–Kier alpha value is -3.73.